The van der Waals surface area contributed by atoms with Crippen LogP contribution < -0.4 is 0 Å². The van der Waals surface area contributed by atoms with Gasteiger partial charge in [0.2, 0.25) is 0 Å². The average molecular weight is 246 g/mol. The van der Waals surface area contributed by atoms with Crippen molar-refractivity contribution in [1.29, 1.82) is 0 Å². The Morgan fingerprint density at radius 2 is 1.89 bits per heavy atom. The van der Waals surface area contributed by atoms with Crippen LogP contribution in [0, 0.1) is 6.92 Å². The number of likely N-dealkylation sites (N-methyl/N-ethyl adjacent to an activating group) is 2. The topological polar surface area (TPSA) is 23.6 Å². The van der Waals surface area contributed by atoms with Gasteiger partial charge in [0.15, 0.2) is 5.78 Å². The molecule has 3 heteroatoms. The summed E-state index contributed by atoms with van der Waals surface area (Å²) >= 11 is 0. The summed E-state index contributed by atoms with van der Waals surface area (Å²) in [4.78, 5) is 16.8. The number of piperazine rings is 1. The molecule has 98 valence electrons. The summed E-state index contributed by atoms with van der Waals surface area (Å²) in [7, 11) is 4.13. The molecular weight excluding hydrogens is 224 g/mol. The predicted octanol–water partition coefficient (Wildman–Crippen LogP) is 1.35. The van der Waals surface area contributed by atoms with Gasteiger partial charge in [0, 0.05) is 26.1 Å². The van der Waals surface area contributed by atoms with Crippen LogP contribution in [0.15, 0.2) is 24.3 Å². The first kappa shape index (κ1) is 13.2. The third-order valence-corrected chi connectivity index (χ3v) is 3.72. The van der Waals surface area contributed by atoms with E-state index >= 15 is 0 Å². The number of carbonyl (C=O) groups excluding carboxylic acids is 1. The zero-order chi connectivity index (χ0) is 13.1. The van der Waals surface area contributed by atoms with Gasteiger partial charge in [-0.3, -0.25) is 9.69 Å². The lowest BCUT2D eigenvalue weighted by Gasteiger charge is -2.36. The summed E-state index contributed by atoms with van der Waals surface area (Å²) in [5.41, 5.74) is 2.35. The molecule has 1 aliphatic heterocycles. The molecule has 18 heavy (non-hydrogen) atoms. The summed E-state index contributed by atoms with van der Waals surface area (Å²) in [5.74, 6) is 0.327. The normalized spacial score (nSPS) is 22.1. The monoisotopic (exact) mass is 246 g/mol. The second kappa shape index (κ2) is 5.63. The second-order valence-corrected chi connectivity index (χ2v) is 5.39. The van der Waals surface area contributed by atoms with Crippen LogP contribution in [-0.2, 0) is 11.2 Å². The molecule has 0 aliphatic carbocycles. The summed E-state index contributed by atoms with van der Waals surface area (Å²) in [6.07, 6.45) is 0.545. The fourth-order valence-corrected chi connectivity index (χ4v) is 2.38. The fourth-order valence-electron chi connectivity index (χ4n) is 2.38. The van der Waals surface area contributed by atoms with E-state index in [0.29, 0.717) is 12.2 Å². The smallest absolute Gasteiger partial charge is 0.155 e. The Bertz CT molecular complexity index is 413. The van der Waals surface area contributed by atoms with Crippen molar-refractivity contribution in [1.82, 2.24) is 9.80 Å². The number of rotatable bonds is 3. The molecule has 0 saturated carbocycles. The maximum absolute atomic E-state index is 12.3. The van der Waals surface area contributed by atoms with Gasteiger partial charge in [-0.1, -0.05) is 29.8 Å². The van der Waals surface area contributed by atoms with Crippen LogP contribution in [0.3, 0.4) is 0 Å². The highest BCUT2D eigenvalue weighted by atomic mass is 16.1. The number of aryl methyl sites for hydroxylation is 1. The van der Waals surface area contributed by atoms with E-state index in [1.807, 2.05) is 7.05 Å². The van der Waals surface area contributed by atoms with E-state index in [0.717, 1.165) is 25.2 Å². The van der Waals surface area contributed by atoms with Crippen LogP contribution in [-0.4, -0.2) is 55.4 Å². The molecule has 1 fully saturated rings. The molecule has 1 aromatic rings. The van der Waals surface area contributed by atoms with Crippen LogP contribution in [0.4, 0.5) is 0 Å². The van der Waals surface area contributed by atoms with Gasteiger partial charge in [-0.2, -0.15) is 0 Å². The van der Waals surface area contributed by atoms with Crippen molar-refractivity contribution in [3.63, 3.8) is 0 Å². The molecule has 1 aliphatic rings. The molecule has 0 N–H and O–H groups in total. The Labute approximate surface area is 109 Å². The molecule has 3 nitrogen and oxygen atoms in total. The molecule has 2 rings (SSSR count). The third-order valence-electron chi connectivity index (χ3n) is 3.72. The zero-order valence-electron chi connectivity index (χ0n) is 11.5. The van der Waals surface area contributed by atoms with Gasteiger partial charge in [-0.25, -0.2) is 0 Å². The van der Waals surface area contributed by atoms with E-state index < -0.39 is 0 Å². The third kappa shape index (κ3) is 3.18. The van der Waals surface area contributed by atoms with Crippen molar-refractivity contribution < 1.29 is 4.79 Å². The van der Waals surface area contributed by atoms with Gasteiger partial charge in [0.05, 0.1) is 6.04 Å². The molecule has 0 amide bonds. The first-order valence-electron chi connectivity index (χ1n) is 6.53. The highest BCUT2D eigenvalue weighted by Crippen LogP contribution is 2.11. The van der Waals surface area contributed by atoms with Gasteiger partial charge in [0.25, 0.3) is 0 Å². The number of benzene rings is 1. The standard InChI is InChI=1S/C15H22N2O/c1-12-4-6-13(7-5-12)10-15(18)14-11-16(2)8-9-17(14)3/h4-7,14H,8-11H2,1-3H3. The maximum atomic E-state index is 12.3. The highest BCUT2D eigenvalue weighted by molar-refractivity contribution is 5.86. The molecular formula is C15H22N2O. The van der Waals surface area contributed by atoms with Crippen molar-refractivity contribution in [2.45, 2.75) is 19.4 Å². The number of ketones is 1. The van der Waals surface area contributed by atoms with Gasteiger partial charge in [0.1, 0.15) is 0 Å². The first-order valence-corrected chi connectivity index (χ1v) is 6.53. The minimum Gasteiger partial charge on any atom is -0.303 e. The van der Waals surface area contributed by atoms with E-state index in [2.05, 4.69) is 48.0 Å². The highest BCUT2D eigenvalue weighted by Gasteiger charge is 2.27. The Hall–Kier alpha value is -1.19. The van der Waals surface area contributed by atoms with Crippen molar-refractivity contribution >= 4 is 5.78 Å². The molecule has 1 aromatic carbocycles. The summed E-state index contributed by atoms with van der Waals surface area (Å²) in [6, 6.07) is 8.29. The molecule has 1 atom stereocenters. The summed E-state index contributed by atoms with van der Waals surface area (Å²) < 4.78 is 0. The first-order chi connectivity index (χ1) is 8.56. The Kier molecular flexibility index (Phi) is 4.15. The molecule has 1 unspecified atom stereocenters. The number of hydrogen-bond donors (Lipinski definition) is 0. The van der Waals surface area contributed by atoms with Crippen molar-refractivity contribution in [3.8, 4) is 0 Å². The lowest BCUT2D eigenvalue weighted by Crippen LogP contribution is -2.53. The van der Waals surface area contributed by atoms with Crippen LogP contribution in [0.2, 0.25) is 0 Å². The van der Waals surface area contributed by atoms with Crippen molar-refractivity contribution in [2.24, 2.45) is 0 Å². The Morgan fingerprint density at radius 3 is 2.56 bits per heavy atom. The molecule has 1 heterocycles. The molecule has 0 bridgehead atoms. The van der Waals surface area contributed by atoms with Gasteiger partial charge >= 0.3 is 0 Å². The van der Waals surface area contributed by atoms with E-state index in [1.54, 1.807) is 0 Å². The SMILES string of the molecule is Cc1ccc(CC(=O)C2CN(C)CCN2C)cc1. The zero-order valence-corrected chi connectivity index (χ0v) is 11.5. The molecule has 1 saturated heterocycles. The largest absolute Gasteiger partial charge is 0.303 e. The predicted molar refractivity (Wildman–Crippen MR) is 73.8 cm³/mol. The maximum Gasteiger partial charge on any atom is 0.155 e. The van der Waals surface area contributed by atoms with E-state index in [9.17, 15) is 4.79 Å². The second-order valence-electron chi connectivity index (χ2n) is 5.39. The number of nitrogens with zero attached hydrogens (tertiary/aromatic N) is 2. The van der Waals surface area contributed by atoms with Crippen LogP contribution in [0.5, 0.6) is 0 Å². The Balaban J connectivity index is 2.00. The van der Waals surface area contributed by atoms with Crippen LogP contribution >= 0.6 is 0 Å². The number of hydrogen-bond acceptors (Lipinski definition) is 3. The quantitative estimate of drug-likeness (QED) is 0.804. The Morgan fingerprint density at radius 1 is 1.22 bits per heavy atom. The van der Waals surface area contributed by atoms with Crippen molar-refractivity contribution in [3.05, 3.63) is 35.4 Å². The van der Waals surface area contributed by atoms with Crippen LogP contribution in [0.25, 0.3) is 0 Å². The van der Waals surface area contributed by atoms with Gasteiger partial charge in [-0.05, 0) is 26.6 Å². The molecule has 0 radical (unpaired) electrons. The van der Waals surface area contributed by atoms with E-state index in [-0.39, 0.29) is 6.04 Å². The van der Waals surface area contributed by atoms with Gasteiger partial charge < -0.3 is 4.90 Å². The number of carbonyl (C=O) groups is 1. The summed E-state index contributed by atoms with van der Waals surface area (Å²) in [5, 5.41) is 0. The molecule has 0 spiro atoms. The fraction of sp³-hybridized carbons (Fsp3) is 0.533. The molecule has 0 aromatic heterocycles. The average Bonchev–Trinajstić information content (AvgIpc) is 2.35. The van der Waals surface area contributed by atoms with Crippen molar-refractivity contribution in [2.75, 3.05) is 33.7 Å². The van der Waals surface area contributed by atoms with E-state index in [4.69, 9.17) is 0 Å². The minimum absolute atomic E-state index is 0.0463. The van der Waals surface area contributed by atoms with Crippen LogP contribution in [0.1, 0.15) is 11.1 Å². The number of Topliss-reactive ketones (excluding diaryl/α,β-unsaturated/α-hetero) is 1. The van der Waals surface area contributed by atoms with E-state index in [1.165, 1.54) is 5.56 Å². The lowest BCUT2D eigenvalue weighted by molar-refractivity contribution is -0.125. The summed E-state index contributed by atoms with van der Waals surface area (Å²) in [6.45, 7) is 4.93. The van der Waals surface area contributed by atoms with Gasteiger partial charge in [-0.15, -0.1) is 0 Å². The lowest BCUT2D eigenvalue weighted by atomic mass is 10.0. The minimum atomic E-state index is 0.0463.